The van der Waals surface area contributed by atoms with Gasteiger partial charge in [0, 0.05) is 12.1 Å². The normalized spacial score (nSPS) is 22.8. The average molecular weight is 260 g/mol. The van der Waals surface area contributed by atoms with Crippen molar-refractivity contribution in [3.05, 3.63) is 35.9 Å². The fraction of sp³-hybridized carbons (Fsp3) is 0.647. The van der Waals surface area contributed by atoms with E-state index in [1.165, 1.54) is 31.4 Å². The van der Waals surface area contributed by atoms with Gasteiger partial charge in [-0.3, -0.25) is 0 Å². The third-order valence-electron chi connectivity index (χ3n) is 4.41. The van der Waals surface area contributed by atoms with Crippen molar-refractivity contribution in [3.8, 4) is 0 Å². The molecule has 2 rings (SSSR count). The quantitative estimate of drug-likeness (QED) is 0.757. The van der Waals surface area contributed by atoms with Gasteiger partial charge in [0.25, 0.3) is 0 Å². The molecule has 2 heteroatoms. The maximum atomic E-state index is 3.69. The van der Waals surface area contributed by atoms with Crippen LogP contribution in [0.1, 0.15) is 44.6 Å². The highest BCUT2D eigenvalue weighted by molar-refractivity contribution is 5.22. The predicted octanol–water partition coefficient (Wildman–Crippen LogP) is 3.25. The second-order valence-electron chi connectivity index (χ2n) is 6.16. The van der Waals surface area contributed by atoms with Gasteiger partial charge in [0.1, 0.15) is 0 Å². The van der Waals surface area contributed by atoms with Crippen molar-refractivity contribution in [2.75, 3.05) is 20.1 Å². The molecule has 0 bridgehead atoms. The molecule has 1 aliphatic rings. The molecule has 0 heterocycles. The van der Waals surface area contributed by atoms with E-state index in [1.807, 2.05) is 0 Å². The molecule has 0 saturated heterocycles. The Morgan fingerprint density at radius 2 is 1.89 bits per heavy atom. The Kier molecular flexibility index (Phi) is 5.41. The number of hydrogen-bond donors (Lipinski definition) is 1. The maximum Gasteiger partial charge on any atom is 0.00787 e. The van der Waals surface area contributed by atoms with Crippen molar-refractivity contribution in [2.24, 2.45) is 0 Å². The largest absolute Gasteiger partial charge is 0.314 e. The fourth-order valence-electron chi connectivity index (χ4n) is 2.67. The maximum absolute atomic E-state index is 3.69. The average Bonchev–Trinajstić information content (AvgIpc) is 2.37. The molecule has 0 spiro atoms. The van der Waals surface area contributed by atoms with Crippen molar-refractivity contribution < 1.29 is 0 Å². The molecule has 0 aliphatic heterocycles. The molecule has 2 nitrogen and oxygen atoms in total. The summed E-state index contributed by atoms with van der Waals surface area (Å²) in [4.78, 5) is 2.41. The van der Waals surface area contributed by atoms with Crippen LogP contribution in [0.4, 0.5) is 0 Å². The molecule has 1 aromatic carbocycles. The predicted molar refractivity (Wildman–Crippen MR) is 82.6 cm³/mol. The Hall–Kier alpha value is -0.860. The first-order valence-corrected chi connectivity index (χ1v) is 7.65. The molecule has 0 aromatic heterocycles. The molecule has 0 amide bonds. The molecule has 1 fully saturated rings. The van der Waals surface area contributed by atoms with Crippen molar-refractivity contribution in [3.63, 3.8) is 0 Å². The van der Waals surface area contributed by atoms with Crippen LogP contribution in [0.15, 0.2) is 30.3 Å². The molecular weight excluding hydrogens is 232 g/mol. The van der Waals surface area contributed by atoms with Crippen LogP contribution in [0.5, 0.6) is 0 Å². The van der Waals surface area contributed by atoms with Gasteiger partial charge in [-0.05, 0) is 64.7 Å². The fourth-order valence-corrected chi connectivity index (χ4v) is 2.67. The molecule has 1 aliphatic carbocycles. The van der Waals surface area contributed by atoms with Crippen LogP contribution >= 0.6 is 0 Å². The van der Waals surface area contributed by atoms with Gasteiger partial charge in [-0.1, -0.05) is 30.3 Å². The van der Waals surface area contributed by atoms with Crippen LogP contribution in [0.3, 0.4) is 0 Å². The van der Waals surface area contributed by atoms with Crippen molar-refractivity contribution in [1.29, 1.82) is 0 Å². The highest BCUT2D eigenvalue weighted by atomic mass is 15.1. The van der Waals surface area contributed by atoms with Gasteiger partial charge in [-0.15, -0.1) is 0 Å². The molecule has 0 radical (unpaired) electrons. The summed E-state index contributed by atoms with van der Waals surface area (Å²) >= 11 is 0. The van der Waals surface area contributed by atoms with Gasteiger partial charge < -0.3 is 10.2 Å². The van der Waals surface area contributed by atoms with E-state index in [0.29, 0.717) is 6.04 Å². The minimum absolute atomic E-state index is 0.658. The smallest absolute Gasteiger partial charge is 0.00787 e. The summed E-state index contributed by atoms with van der Waals surface area (Å²) in [5, 5.41) is 3.69. The summed E-state index contributed by atoms with van der Waals surface area (Å²) in [7, 11) is 2.21. The number of benzene rings is 1. The van der Waals surface area contributed by atoms with Gasteiger partial charge in [0.05, 0.1) is 0 Å². The highest BCUT2D eigenvalue weighted by Crippen LogP contribution is 2.36. The van der Waals surface area contributed by atoms with E-state index >= 15 is 0 Å². The monoisotopic (exact) mass is 260 g/mol. The zero-order chi connectivity index (χ0) is 13.7. The van der Waals surface area contributed by atoms with Crippen LogP contribution in [-0.4, -0.2) is 37.1 Å². The summed E-state index contributed by atoms with van der Waals surface area (Å²) in [6.45, 7) is 6.86. The number of nitrogens with one attached hydrogen (secondary N) is 1. The van der Waals surface area contributed by atoms with Crippen LogP contribution in [0.2, 0.25) is 0 Å². The van der Waals surface area contributed by atoms with Crippen molar-refractivity contribution >= 4 is 0 Å². The summed E-state index contributed by atoms with van der Waals surface area (Å²) in [5.74, 6) is 0.789. The number of rotatable bonds is 7. The Balaban J connectivity index is 1.56. The molecule has 106 valence electrons. The van der Waals surface area contributed by atoms with Gasteiger partial charge in [-0.25, -0.2) is 0 Å². The van der Waals surface area contributed by atoms with Crippen LogP contribution in [-0.2, 0) is 0 Å². The second kappa shape index (κ2) is 7.06. The van der Waals surface area contributed by atoms with Crippen molar-refractivity contribution in [1.82, 2.24) is 10.2 Å². The molecule has 19 heavy (non-hydrogen) atoms. The topological polar surface area (TPSA) is 15.3 Å². The molecule has 0 unspecified atom stereocenters. The lowest BCUT2D eigenvalue weighted by Gasteiger charge is -2.36. The van der Waals surface area contributed by atoms with E-state index in [1.54, 1.807) is 0 Å². The number of hydrogen-bond acceptors (Lipinski definition) is 2. The van der Waals surface area contributed by atoms with Crippen LogP contribution in [0, 0.1) is 0 Å². The Morgan fingerprint density at radius 3 is 2.53 bits per heavy atom. The second-order valence-corrected chi connectivity index (χ2v) is 6.16. The lowest BCUT2D eigenvalue weighted by molar-refractivity contribution is 0.253. The first-order chi connectivity index (χ1) is 9.16. The lowest BCUT2D eigenvalue weighted by atomic mass is 9.76. The van der Waals surface area contributed by atoms with Gasteiger partial charge in [-0.2, -0.15) is 0 Å². The van der Waals surface area contributed by atoms with E-state index in [4.69, 9.17) is 0 Å². The molecular formula is C17H28N2. The van der Waals surface area contributed by atoms with E-state index < -0.39 is 0 Å². The molecule has 1 aromatic rings. The molecule has 0 atom stereocenters. The van der Waals surface area contributed by atoms with Crippen molar-refractivity contribution in [2.45, 2.75) is 51.1 Å². The van der Waals surface area contributed by atoms with E-state index in [9.17, 15) is 0 Å². The third-order valence-corrected chi connectivity index (χ3v) is 4.41. The Morgan fingerprint density at radius 1 is 1.21 bits per heavy atom. The van der Waals surface area contributed by atoms with Gasteiger partial charge in [0.2, 0.25) is 0 Å². The van der Waals surface area contributed by atoms with Gasteiger partial charge in [0.15, 0.2) is 0 Å². The summed E-state index contributed by atoms with van der Waals surface area (Å²) < 4.78 is 0. The van der Waals surface area contributed by atoms with E-state index in [2.05, 4.69) is 61.4 Å². The minimum atomic E-state index is 0.658. The van der Waals surface area contributed by atoms with E-state index in [0.717, 1.165) is 18.5 Å². The summed E-state index contributed by atoms with van der Waals surface area (Å²) in [6.07, 6.45) is 3.87. The SMILES string of the molecule is CC(C)N(C)CCCNC1CC(c2ccccc2)C1. The standard InChI is InChI=1S/C17H28N2/c1-14(2)19(3)11-7-10-18-17-12-16(13-17)15-8-5-4-6-9-15/h4-6,8-9,14,16-18H,7,10-13H2,1-3H3. The van der Waals surface area contributed by atoms with Crippen LogP contribution in [0.25, 0.3) is 0 Å². The molecule has 1 N–H and O–H groups in total. The highest BCUT2D eigenvalue weighted by Gasteiger charge is 2.29. The van der Waals surface area contributed by atoms with Gasteiger partial charge >= 0.3 is 0 Å². The minimum Gasteiger partial charge on any atom is -0.314 e. The lowest BCUT2D eigenvalue weighted by Crippen LogP contribution is -2.41. The third kappa shape index (κ3) is 4.32. The number of nitrogens with zero attached hydrogens (tertiary/aromatic N) is 1. The zero-order valence-corrected chi connectivity index (χ0v) is 12.6. The zero-order valence-electron chi connectivity index (χ0n) is 12.6. The summed E-state index contributed by atoms with van der Waals surface area (Å²) in [5.41, 5.74) is 1.51. The Bertz CT molecular complexity index is 355. The van der Waals surface area contributed by atoms with Crippen LogP contribution < -0.4 is 5.32 Å². The summed E-state index contributed by atoms with van der Waals surface area (Å²) in [6, 6.07) is 12.3. The first-order valence-electron chi connectivity index (χ1n) is 7.65. The molecule has 1 saturated carbocycles. The Labute approximate surface area is 118 Å². The first kappa shape index (κ1) is 14.5. The van der Waals surface area contributed by atoms with E-state index in [-0.39, 0.29) is 0 Å².